The molecule has 2 heterocycles. The van der Waals surface area contributed by atoms with E-state index in [0.29, 0.717) is 17.4 Å². The highest BCUT2D eigenvalue weighted by molar-refractivity contribution is 6.24. The van der Waals surface area contributed by atoms with Gasteiger partial charge >= 0.3 is 0 Å². The number of hydrogen-bond acceptors (Lipinski definition) is 3. The van der Waals surface area contributed by atoms with Crippen LogP contribution in [0.4, 0.5) is 10.1 Å². The number of anilines is 1. The highest BCUT2D eigenvalue weighted by Crippen LogP contribution is 2.60. The maximum Gasteiger partial charge on any atom is 0.243 e. The summed E-state index contributed by atoms with van der Waals surface area (Å²) in [4.78, 5) is 32.8. The van der Waals surface area contributed by atoms with Crippen molar-refractivity contribution in [3.63, 3.8) is 0 Å². The number of benzene rings is 2. The number of carbonyl (C=O) groups excluding carboxylic acids is 2. The van der Waals surface area contributed by atoms with Crippen LogP contribution in [0.1, 0.15) is 63.1 Å². The fourth-order valence-electron chi connectivity index (χ4n) is 7.01. The summed E-state index contributed by atoms with van der Waals surface area (Å²) in [5, 5.41) is 0.853. The summed E-state index contributed by atoms with van der Waals surface area (Å²) >= 11 is 0. The van der Waals surface area contributed by atoms with Crippen LogP contribution in [0.15, 0.2) is 42.5 Å². The lowest BCUT2D eigenvalue weighted by atomic mass is 9.56. The molecule has 3 aliphatic rings. The number of methoxy groups -OCH3 is 1. The number of amides is 2. The Morgan fingerprint density at radius 2 is 1.77 bits per heavy atom. The molecule has 182 valence electrons. The van der Waals surface area contributed by atoms with E-state index in [9.17, 15) is 14.0 Å². The first-order chi connectivity index (χ1) is 16.7. The van der Waals surface area contributed by atoms with E-state index in [-0.39, 0.29) is 34.9 Å². The molecule has 35 heavy (non-hydrogen) atoms. The molecule has 5 nitrogen and oxygen atoms in total. The van der Waals surface area contributed by atoms with Crippen LogP contribution in [0.25, 0.3) is 10.9 Å². The SMILES string of the molecule is COc1ccc(N2C(=O)[C@@H]3[C@@H]4C[C@H](C(C)(C)C)CC[C@@H]4c4c([nH]c5ccc(F)cc45)[C@H]3C2=O)cc1. The second-order valence-corrected chi connectivity index (χ2v) is 11.5. The molecule has 6 rings (SSSR count). The number of ether oxygens (including phenoxy) is 1. The normalized spacial score (nSPS) is 28.1. The highest BCUT2D eigenvalue weighted by Gasteiger charge is 2.59. The number of carbonyl (C=O) groups is 2. The molecular formula is C29H31FN2O3. The minimum atomic E-state index is -0.574. The molecule has 0 unspecified atom stereocenters. The maximum atomic E-state index is 14.3. The second kappa shape index (κ2) is 7.67. The van der Waals surface area contributed by atoms with E-state index in [1.165, 1.54) is 11.0 Å². The fourth-order valence-corrected chi connectivity index (χ4v) is 7.01. The first-order valence-corrected chi connectivity index (χ1v) is 12.5. The van der Waals surface area contributed by atoms with Crippen molar-refractivity contribution in [3.8, 4) is 5.75 Å². The zero-order chi connectivity index (χ0) is 24.6. The monoisotopic (exact) mass is 474 g/mol. The lowest BCUT2D eigenvalue weighted by molar-refractivity contribution is -0.123. The first kappa shape index (κ1) is 22.3. The lowest BCUT2D eigenvalue weighted by Gasteiger charge is -2.47. The number of nitrogens with zero attached hydrogens (tertiary/aromatic N) is 1. The zero-order valence-electron chi connectivity index (χ0n) is 20.6. The summed E-state index contributed by atoms with van der Waals surface area (Å²) in [6.45, 7) is 6.78. The van der Waals surface area contributed by atoms with Crippen molar-refractivity contribution < 1.29 is 18.7 Å². The Kier molecular flexibility index (Phi) is 4.89. The third kappa shape index (κ3) is 3.25. The molecule has 2 amide bonds. The molecular weight excluding hydrogens is 443 g/mol. The van der Waals surface area contributed by atoms with E-state index in [0.717, 1.165) is 41.4 Å². The van der Waals surface area contributed by atoms with E-state index in [4.69, 9.17) is 4.74 Å². The van der Waals surface area contributed by atoms with Gasteiger partial charge in [0.15, 0.2) is 0 Å². The van der Waals surface area contributed by atoms with Crippen molar-refractivity contribution in [3.05, 3.63) is 59.5 Å². The molecule has 2 aromatic carbocycles. The first-order valence-electron chi connectivity index (χ1n) is 12.5. The van der Waals surface area contributed by atoms with Crippen LogP contribution in [-0.2, 0) is 9.59 Å². The van der Waals surface area contributed by atoms with Crippen LogP contribution in [0.2, 0.25) is 0 Å². The molecule has 1 aliphatic heterocycles. The van der Waals surface area contributed by atoms with Gasteiger partial charge in [-0.25, -0.2) is 9.29 Å². The second-order valence-electron chi connectivity index (χ2n) is 11.5. The van der Waals surface area contributed by atoms with Crippen LogP contribution in [-0.4, -0.2) is 23.9 Å². The van der Waals surface area contributed by atoms with E-state index in [1.807, 2.05) is 0 Å². The van der Waals surface area contributed by atoms with Gasteiger partial charge in [0.25, 0.3) is 0 Å². The van der Waals surface area contributed by atoms with E-state index < -0.39 is 11.8 Å². The van der Waals surface area contributed by atoms with Crippen LogP contribution in [0, 0.1) is 29.0 Å². The highest BCUT2D eigenvalue weighted by atomic mass is 19.1. The topological polar surface area (TPSA) is 62.4 Å². The van der Waals surface area contributed by atoms with Crippen molar-refractivity contribution >= 4 is 28.4 Å². The fraction of sp³-hybridized carbons (Fsp3) is 0.448. The Morgan fingerprint density at radius 1 is 1.03 bits per heavy atom. The van der Waals surface area contributed by atoms with Gasteiger partial charge < -0.3 is 9.72 Å². The summed E-state index contributed by atoms with van der Waals surface area (Å²) in [6.07, 6.45) is 2.90. The zero-order valence-corrected chi connectivity index (χ0v) is 20.6. The van der Waals surface area contributed by atoms with Gasteiger partial charge in [0.05, 0.1) is 24.6 Å². The van der Waals surface area contributed by atoms with E-state index in [2.05, 4.69) is 25.8 Å². The number of fused-ring (bicyclic) bond motifs is 8. The molecule has 1 aromatic heterocycles. The number of hydrogen-bond donors (Lipinski definition) is 1. The molecule has 1 saturated heterocycles. The average molecular weight is 475 g/mol. The van der Waals surface area contributed by atoms with Gasteiger partial charge in [-0.05, 0) is 90.5 Å². The Morgan fingerprint density at radius 3 is 2.46 bits per heavy atom. The largest absolute Gasteiger partial charge is 0.497 e. The molecule has 0 spiro atoms. The van der Waals surface area contributed by atoms with Crippen LogP contribution in [0.3, 0.4) is 0 Å². The van der Waals surface area contributed by atoms with Gasteiger partial charge in [-0.1, -0.05) is 20.8 Å². The predicted molar refractivity (Wildman–Crippen MR) is 133 cm³/mol. The van der Waals surface area contributed by atoms with Gasteiger partial charge in [-0.2, -0.15) is 0 Å². The number of aromatic nitrogens is 1. The maximum absolute atomic E-state index is 14.3. The quantitative estimate of drug-likeness (QED) is 0.453. The van der Waals surface area contributed by atoms with Gasteiger partial charge in [0.1, 0.15) is 11.6 Å². The van der Waals surface area contributed by atoms with Gasteiger partial charge in [0, 0.05) is 16.6 Å². The molecule has 1 N–H and O–H groups in total. The average Bonchev–Trinajstić information content (AvgIpc) is 3.33. The van der Waals surface area contributed by atoms with E-state index >= 15 is 0 Å². The lowest BCUT2D eigenvalue weighted by Crippen LogP contribution is -2.41. The van der Waals surface area contributed by atoms with Gasteiger partial charge in [-0.3, -0.25) is 9.59 Å². The predicted octanol–water partition coefficient (Wildman–Crippen LogP) is 6.15. The van der Waals surface area contributed by atoms with Crippen molar-refractivity contribution in [2.75, 3.05) is 12.0 Å². The molecule has 0 radical (unpaired) electrons. The summed E-state index contributed by atoms with van der Waals surface area (Å²) in [5.74, 6) is -0.271. The number of halogens is 1. The Bertz CT molecular complexity index is 1340. The number of rotatable bonds is 2. The van der Waals surface area contributed by atoms with Crippen molar-refractivity contribution in [1.82, 2.24) is 4.98 Å². The summed E-state index contributed by atoms with van der Waals surface area (Å²) in [5.41, 5.74) is 3.38. The van der Waals surface area contributed by atoms with Crippen LogP contribution < -0.4 is 9.64 Å². The number of nitrogens with one attached hydrogen (secondary N) is 1. The van der Waals surface area contributed by atoms with Gasteiger partial charge in [0.2, 0.25) is 11.8 Å². The third-order valence-corrected chi connectivity index (χ3v) is 8.78. The molecule has 5 atom stereocenters. The van der Waals surface area contributed by atoms with Crippen molar-refractivity contribution in [2.45, 2.75) is 51.9 Å². The van der Waals surface area contributed by atoms with Crippen molar-refractivity contribution in [2.24, 2.45) is 23.2 Å². The van der Waals surface area contributed by atoms with Crippen LogP contribution in [0.5, 0.6) is 5.75 Å². The summed E-state index contributed by atoms with van der Waals surface area (Å²) in [6, 6.07) is 11.9. The summed E-state index contributed by atoms with van der Waals surface area (Å²) in [7, 11) is 1.59. The summed E-state index contributed by atoms with van der Waals surface area (Å²) < 4.78 is 19.6. The Hall–Kier alpha value is -3.15. The standard InChI is InChI=1S/C29H31FN2O3/c1-29(2,3)15-5-11-19-20(13-15)24-25(26-23(19)21-14-16(30)6-12-22(21)31-26)28(34)32(27(24)33)17-7-9-18(35-4)10-8-17/h6-10,12,14-15,19-20,24-25,31H,5,11,13H2,1-4H3/t15-,19+,20-,24-,25+/m1/s1. The Labute approximate surface area is 204 Å². The third-order valence-electron chi connectivity index (χ3n) is 8.78. The minimum Gasteiger partial charge on any atom is -0.497 e. The number of aromatic amines is 1. The molecule has 3 aromatic rings. The molecule has 2 aliphatic carbocycles. The van der Waals surface area contributed by atoms with E-state index in [1.54, 1.807) is 43.5 Å². The smallest absolute Gasteiger partial charge is 0.243 e. The molecule has 0 bridgehead atoms. The molecule has 2 fully saturated rings. The van der Waals surface area contributed by atoms with Gasteiger partial charge in [-0.15, -0.1) is 0 Å². The number of imide groups is 1. The molecule has 6 heteroatoms. The molecule has 1 saturated carbocycles. The Balaban J connectivity index is 1.51. The number of H-pyrrole nitrogens is 1. The van der Waals surface area contributed by atoms with Crippen LogP contribution >= 0.6 is 0 Å². The minimum absolute atomic E-state index is 0.0486. The van der Waals surface area contributed by atoms with Crippen molar-refractivity contribution in [1.29, 1.82) is 0 Å².